The summed E-state index contributed by atoms with van der Waals surface area (Å²) < 4.78 is 21.2. The first-order valence-electron chi connectivity index (χ1n) is 6.04. The Morgan fingerprint density at radius 1 is 0.824 bits per heavy atom. The first kappa shape index (κ1) is 26.1. The largest absolute Gasteiger partial charge is 0.324 e. The molecule has 0 saturated heterocycles. The molecule has 0 amide bonds. The van der Waals surface area contributed by atoms with Crippen molar-refractivity contribution in [2.75, 3.05) is 39.5 Å². The zero-order chi connectivity index (χ0) is 13.8. The van der Waals surface area contributed by atoms with Crippen LogP contribution in [-0.4, -0.2) is 39.5 Å². The van der Waals surface area contributed by atoms with Gasteiger partial charge in [-0.15, -0.1) is 0 Å². The number of hydrogen-bond acceptors (Lipinski definition) is 2. The summed E-state index contributed by atoms with van der Waals surface area (Å²) in [7, 11) is -3.32. The second-order valence-electron chi connectivity index (χ2n) is 5.25. The summed E-state index contributed by atoms with van der Waals surface area (Å²) in [5, 5.41) is 0. The average molecular weight is 286 g/mol. The Labute approximate surface area is 111 Å². The summed E-state index contributed by atoms with van der Waals surface area (Å²) in [6.45, 7) is 15.3. The smallest absolute Gasteiger partial charge is 0.0819 e. The van der Waals surface area contributed by atoms with Crippen LogP contribution in [0.5, 0.6) is 0 Å². The van der Waals surface area contributed by atoms with E-state index >= 15 is 0 Å². The number of rotatable bonds is 3. The van der Waals surface area contributed by atoms with Gasteiger partial charge in [0.25, 0.3) is 0 Å². The van der Waals surface area contributed by atoms with Gasteiger partial charge in [0.05, 0.1) is 14.3 Å². The quantitative estimate of drug-likeness (QED) is 0.623. The van der Waals surface area contributed by atoms with Crippen molar-refractivity contribution in [2.45, 2.75) is 47.5 Å². The molecule has 0 heterocycles. The maximum absolute atomic E-state index is 11.0. The SMILES string of the molecule is C.CCC.CCCCP(C)(C)=O.CP(C)(C)=O. The van der Waals surface area contributed by atoms with Gasteiger partial charge in [0.15, 0.2) is 0 Å². The summed E-state index contributed by atoms with van der Waals surface area (Å²) in [6, 6.07) is 0. The highest BCUT2D eigenvalue weighted by molar-refractivity contribution is 7.62. The second kappa shape index (κ2) is 14.5. The van der Waals surface area contributed by atoms with Gasteiger partial charge >= 0.3 is 0 Å². The fourth-order valence-corrected chi connectivity index (χ4v) is 1.62. The van der Waals surface area contributed by atoms with Gasteiger partial charge in [0.2, 0.25) is 0 Å². The van der Waals surface area contributed by atoms with Crippen molar-refractivity contribution in [3.05, 3.63) is 0 Å². The minimum Gasteiger partial charge on any atom is -0.324 e. The van der Waals surface area contributed by atoms with Crippen molar-refractivity contribution >= 4 is 14.3 Å². The first-order chi connectivity index (χ1) is 6.97. The fraction of sp³-hybridized carbons (Fsp3) is 1.00. The predicted octanol–water partition coefficient (Wildman–Crippen LogP) is 5.70. The summed E-state index contributed by atoms with van der Waals surface area (Å²) >= 11 is 0. The molecule has 0 radical (unpaired) electrons. The van der Waals surface area contributed by atoms with Crippen molar-refractivity contribution in [2.24, 2.45) is 0 Å². The summed E-state index contributed by atoms with van der Waals surface area (Å²) in [6.07, 6.45) is 4.44. The first-order valence-corrected chi connectivity index (χ1v) is 11.9. The van der Waals surface area contributed by atoms with Gasteiger partial charge in [0, 0.05) is 6.16 Å². The summed E-state index contributed by atoms with van der Waals surface area (Å²) in [5.74, 6) is 0. The van der Waals surface area contributed by atoms with E-state index in [4.69, 9.17) is 0 Å². The Bertz CT molecular complexity index is 205. The van der Waals surface area contributed by atoms with Crippen LogP contribution in [0.15, 0.2) is 0 Å². The third-order valence-corrected chi connectivity index (χ3v) is 2.44. The van der Waals surface area contributed by atoms with Gasteiger partial charge < -0.3 is 9.13 Å². The molecule has 4 heteroatoms. The molecule has 0 fully saturated rings. The van der Waals surface area contributed by atoms with Crippen molar-refractivity contribution in [1.82, 2.24) is 0 Å². The van der Waals surface area contributed by atoms with Crippen molar-refractivity contribution in [1.29, 1.82) is 0 Å². The molecule has 0 spiro atoms. The zero-order valence-corrected chi connectivity index (χ0v) is 14.3. The zero-order valence-electron chi connectivity index (χ0n) is 12.5. The average Bonchev–Trinajstić information content (AvgIpc) is 1.97. The van der Waals surface area contributed by atoms with E-state index in [-0.39, 0.29) is 7.43 Å². The molecule has 0 aromatic heterocycles. The third kappa shape index (κ3) is 115. The topological polar surface area (TPSA) is 34.1 Å². The molecule has 0 N–H and O–H groups in total. The normalized spacial score (nSPS) is 10.1. The van der Waals surface area contributed by atoms with E-state index in [2.05, 4.69) is 20.8 Å². The van der Waals surface area contributed by atoms with Crippen LogP contribution in [0.1, 0.15) is 47.5 Å². The van der Waals surface area contributed by atoms with Gasteiger partial charge in [-0.05, 0) is 39.7 Å². The molecule has 110 valence electrons. The lowest BCUT2D eigenvalue weighted by atomic mass is 10.4. The molecule has 0 aromatic carbocycles. The lowest BCUT2D eigenvalue weighted by Crippen LogP contribution is -1.83. The highest BCUT2D eigenvalue weighted by Gasteiger charge is 2.03. The lowest BCUT2D eigenvalue weighted by molar-refractivity contribution is 0.580. The van der Waals surface area contributed by atoms with Crippen LogP contribution in [0.3, 0.4) is 0 Å². The van der Waals surface area contributed by atoms with E-state index in [1.165, 1.54) is 6.42 Å². The van der Waals surface area contributed by atoms with Crippen molar-refractivity contribution in [3.63, 3.8) is 0 Å². The Morgan fingerprint density at radius 3 is 1.12 bits per heavy atom. The van der Waals surface area contributed by atoms with E-state index in [1.807, 2.05) is 13.3 Å². The van der Waals surface area contributed by atoms with Crippen LogP contribution < -0.4 is 0 Å². The minimum atomic E-state index is -1.68. The van der Waals surface area contributed by atoms with Crippen LogP contribution >= 0.6 is 14.3 Å². The predicted molar refractivity (Wildman–Crippen MR) is 87.3 cm³/mol. The van der Waals surface area contributed by atoms with Crippen molar-refractivity contribution < 1.29 is 9.13 Å². The Kier molecular flexibility index (Phi) is 22.3. The third-order valence-electron chi connectivity index (χ3n) is 1.05. The molecular formula is C13H36O2P2. The van der Waals surface area contributed by atoms with Crippen LogP contribution in [0.2, 0.25) is 0 Å². The highest BCUT2D eigenvalue weighted by atomic mass is 31.2. The standard InChI is InChI=1S/C6H15OP.C3H9OP.C3H8.CH4/c1-4-5-6-8(2,3)7;1-5(2,3)4;1-3-2;/h4-6H2,1-3H3;1-3H3;3H2,1-2H3;1H4. The molecule has 0 unspecified atom stereocenters. The Morgan fingerprint density at radius 2 is 1.06 bits per heavy atom. The van der Waals surface area contributed by atoms with Crippen LogP contribution in [0.25, 0.3) is 0 Å². The molecule has 0 atom stereocenters. The molecule has 0 rings (SSSR count). The van der Waals surface area contributed by atoms with Crippen LogP contribution in [0, 0.1) is 0 Å². The molecule has 17 heavy (non-hydrogen) atoms. The monoisotopic (exact) mass is 286 g/mol. The molecule has 0 aromatic rings. The second-order valence-corrected chi connectivity index (χ2v) is 12.6. The summed E-state index contributed by atoms with van der Waals surface area (Å²) in [5.41, 5.74) is 0. The van der Waals surface area contributed by atoms with Crippen LogP contribution in [-0.2, 0) is 9.13 Å². The molecule has 2 nitrogen and oxygen atoms in total. The van der Waals surface area contributed by atoms with E-state index in [0.717, 1.165) is 19.0 Å². The number of hydrogen-bond donors (Lipinski definition) is 0. The van der Waals surface area contributed by atoms with E-state index < -0.39 is 14.3 Å². The van der Waals surface area contributed by atoms with Crippen LogP contribution in [0.4, 0.5) is 0 Å². The van der Waals surface area contributed by atoms with Gasteiger partial charge in [0.1, 0.15) is 0 Å². The molecule has 0 aliphatic heterocycles. The maximum Gasteiger partial charge on any atom is 0.0819 e. The molecule has 0 saturated carbocycles. The molecule has 0 bridgehead atoms. The molecule has 0 aliphatic rings. The Hall–Kier alpha value is 0.460. The van der Waals surface area contributed by atoms with Gasteiger partial charge in [-0.3, -0.25) is 0 Å². The molecular weight excluding hydrogens is 250 g/mol. The summed E-state index contributed by atoms with van der Waals surface area (Å²) in [4.78, 5) is 0. The van der Waals surface area contributed by atoms with E-state index in [0.29, 0.717) is 0 Å². The van der Waals surface area contributed by atoms with E-state index in [1.54, 1.807) is 20.0 Å². The molecule has 0 aliphatic carbocycles. The fourth-order valence-electron chi connectivity index (χ4n) is 0.539. The number of unbranched alkanes of at least 4 members (excludes halogenated alkanes) is 1. The van der Waals surface area contributed by atoms with E-state index in [9.17, 15) is 9.13 Å². The Balaban J connectivity index is -0.0000000815. The van der Waals surface area contributed by atoms with Gasteiger partial charge in [-0.1, -0.05) is 41.0 Å². The van der Waals surface area contributed by atoms with Gasteiger partial charge in [-0.25, -0.2) is 0 Å². The minimum absolute atomic E-state index is 0. The van der Waals surface area contributed by atoms with Gasteiger partial charge in [-0.2, -0.15) is 0 Å². The van der Waals surface area contributed by atoms with Crippen molar-refractivity contribution in [3.8, 4) is 0 Å². The highest BCUT2D eigenvalue weighted by Crippen LogP contribution is 2.36. The maximum atomic E-state index is 11.0. The lowest BCUT2D eigenvalue weighted by Gasteiger charge is -2.02.